The van der Waals surface area contributed by atoms with E-state index in [1.54, 1.807) is 0 Å². The zero-order valence-corrected chi connectivity index (χ0v) is 12.1. The maximum Gasteiger partial charge on any atom is 0.0138 e. The van der Waals surface area contributed by atoms with Gasteiger partial charge in [-0.05, 0) is 50.7 Å². The Bertz CT molecular complexity index is 193. The second-order valence-electron chi connectivity index (χ2n) is 5.63. The minimum Gasteiger partial charge on any atom is -0.330 e. The van der Waals surface area contributed by atoms with E-state index in [2.05, 4.69) is 25.7 Å². The number of unbranched alkanes of at least 4 members (excludes halogenated alkanes) is 1. The van der Waals surface area contributed by atoms with E-state index in [-0.39, 0.29) is 0 Å². The van der Waals surface area contributed by atoms with Crippen molar-refractivity contribution in [2.24, 2.45) is 17.6 Å². The van der Waals surface area contributed by atoms with E-state index < -0.39 is 0 Å². The minimum atomic E-state index is 0.745. The van der Waals surface area contributed by atoms with Crippen LogP contribution in [-0.4, -0.2) is 30.6 Å². The summed E-state index contributed by atoms with van der Waals surface area (Å²) in [5.74, 6) is 1.69. The molecule has 0 aromatic rings. The molecule has 2 N–H and O–H groups in total. The van der Waals surface area contributed by atoms with Crippen LogP contribution in [0.4, 0.5) is 0 Å². The van der Waals surface area contributed by atoms with E-state index in [0.717, 1.165) is 24.4 Å². The molecule has 0 spiro atoms. The van der Waals surface area contributed by atoms with Crippen molar-refractivity contribution in [2.45, 2.75) is 65.3 Å². The molecule has 0 heterocycles. The van der Waals surface area contributed by atoms with Crippen molar-refractivity contribution in [2.75, 3.05) is 19.6 Å². The normalized spacial score (nSPS) is 29.8. The molecule has 2 nitrogen and oxygen atoms in total. The van der Waals surface area contributed by atoms with Gasteiger partial charge in [-0.25, -0.2) is 0 Å². The van der Waals surface area contributed by atoms with Gasteiger partial charge >= 0.3 is 0 Å². The molecule has 0 aliphatic heterocycles. The topological polar surface area (TPSA) is 29.3 Å². The van der Waals surface area contributed by atoms with Crippen LogP contribution in [0, 0.1) is 11.8 Å². The van der Waals surface area contributed by atoms with E-state index in [1.807, 2.05) is 0 Å². The van der Waals surface area contributed by atoms with Gasteiger partial charge in [0, 0.05) is 6.04 Å². The molecule has 3 atom stereocenters. The molecule has 2 heteroatoms. The molecule has 1 fully saturated rings. The molecule has 3 unspecified atom stereocenters. The van der Waals surface area contributed by atoms with Crippen molar-refractivity contribution in [1.29, 1.82) is 0 Å². The molecule has 1 rings (SSSR count). The van der Waals surface area contributed by atoms with Crippen LogP contribution >= 0.6 is 0 Å². The van der Waals surface area contributed by atoms with Gasteiger partial charge in [-0.3, -0.25) is 0 Å². The minimum absolute atomic E-state index is 0.745. The van der Waals surface area contributed by atoms with Gasteiger partial charge < -0.3 is 10.6 Å². The highest BCUT2D eigenvalue weighted by Crippen LogP contribution is 2.33. The van der Waals surface area contributed by atoms with Crippen LogP contribution in [0.3, 0.4) is 0 Å². The van der Waals surface area contributed by atoms with Crippen LogP contribution in [0.5, 0.6) is 0 Å². The fourth-order valence-electron chi connectivity index (χ4n) is 3.31. The van der Waals surface area contributed by atoms with E-state index in [4.69, 9.17) is 5.73 Å². The summed E-state index contributed by atoms with van der Waals surface area (Å²) in [4.78, 5) is 2.70. The first kappa shape index (κ1) is 15.0. The van der Waals surface area contributed by atoms with Gasteiger partial charge in [0.25, 0.3) is 0 Å². The van der Waals surface area contributed by atoms with Gasteiger partial charge in [0.1, 0.15) is 0 Å². The first-order valence-corrected chi connectivity index (χ1v) is 7.70. The number of hydrogen-bond acceptors (Lipinski definition) is 2. The zero-order valence-electron chi connectivity index (χ0n) is 12.1. The lowest BCUT2D eigenvalue weighted by Crippen LogP contribution is -2.47. The molecule has 0 radical (unpaired) electrons. The average Bonchev–Trinajstić information content (AvgIpc) is 2.39. The Labute approximate surface area is 108 Å². The maximum absolute atomic E-state index is 5.98. The van der Waals surface area contributed by atoms with E-state index in [1.165, 1.54) is 51.6 Å². The van der Waals surface area contributed by atoms with Gasteiger partial charge in [0.15, 0.2) is 0 Å². The van der Waals surface area contributed by atoms with Crippen LogP contribution < -0.4 is 5.73 Å². The van der Waals surface area contributed by atoms with Crippen LogP contribution in [0.15, 0.2) is 0 Å². The van der Waals surface area contributed by atoms with Crippen molar-refractivity contribution in [1.82, 2.24) is 4.90 Å². The van der Waals surface area contributed by atoms with Crippen LogP contribution in [0.1, 0.15) is 59.3 Å². The fourth-order valence-corrected chi connectivity index (χ4v) is 3.31. The van der Waals surface area contributed by atoms with E-state index in [9.17, 15) is 0 Å². The Morgan fingerprint density at radius 1 is 1.18 bits per heavy atom. The smallest absolute Gasteiger partial charge is 0.0138 e. The molecule has 1 saturated carbocycles. The summed E-state index contributed by atoms with van der Waals surface area (Å²) in [5, 5.41) is 0. The van der Waals surface area contributed by atoms with Crippen molar-refractivity contribution in [3.8, 4) is 0 Å². The number of nitrogens with zero attached hydrogens (tertiary/aromatic N) is 1. The van der Waals surface area contributed by atoms with Gasteiger partial charge in [0.2, 0.25) is 0 Å². The van der Waals surface area contributed by atoms with E-state index in [0.29, 0.717) is 0 Å². The summed E-state index contributed by atoms with van der Waals surface area (Å²) in [6.07, 6.45) is 8.11. The van der Waals surface area contributed by atoms with Gasteiger partial charge in [-0.1, -0.05) is 40.0 Å². The monoisotopic (exact) mass is 240 g/mol. The van der Waals surface area contributed by atoms with Gasteiger partial charge in [-0.2, -0.15) is 0 Å². The molecule has 0 bridgehead atoms. The molecule has 0 saturated heterocycles. The van der Waals surface area contributed by atoms with Crippen LogP contribution in [0.25, 0.3) is 0 Å². The fraction of sp³-hybridized carbons (Fsp3) is 1.00. The summed E-state index contributed by atoms with van der Waals surface area (Å²) < 4.78 is 0. The Kier molecular flexibility index (Phi) is 7.14. The SMILES string of the molecule is CCCCN(CC)C1CC(CC)CCC1CN. The van der Waals surface area contributed by atoms with Gasteiger partial charge in [0.05, 0.1) is 0 Å². The van der Waals surface area contributed by atoms with Crippen molar-refractivity contribution in [3.63, 3.8) is 0 Å². The second kappa shape index (κ2) is 8.10. The molecule has 0 aromatic carbocycles. The lowest BCUT2D eigenvalue weighted by Gasteiger charge is -2.42. The third-order valence-electron chi connectivity index (χ3n) is 4.62. The van der Waals surface area contributed by atoms with Crippen molar-refractivity contribution in [3.05, 3.63) is 0 Å². The Hall–Kier alpha value is -0.0800. The lowest BCUT2D eigenvalue weighted by atomic mass is 9.76. The number of rotatable bonds is 7. The summed E-state index contributed by atoms with van der Waals surface area (Å²) in [5.41, 5.74) is 5.98. The molecule has 1 aliphatic carbocycles. The first-order chi connectivity index (χ1) is 8.26. The zero-order chi connectivity index (χ0) is 12.7. The van der Waals surface area contributed by atoms with E-state index >= 15 is 0 Å². The number of hydrogen-bond donors (Lipinski definition) is 1. The standard InChI is InChI=1S/C15H32N2/c1-4-7-10-17(6-3)15-11-13(5-2)8-9-14(15)12-16/h13-15H,4-12,16H2,1-3H3. The summed E-state index contributed by atoms with van der Waals surface area (Å²) in [6, 6.07) is 0.759. The highest BCUT2D eigenvalue weighted by molar-refractivity contribution is 4.86. The third kappa shape index (κ3) is 4.26. The van der Waals surface area contributed by atoms with Crippen LogP contribution in [0.2, 0.25) is 0 Å². The molecule has 1 aliphatic rings. The largest absolute Gasteiger partial charge is 0.330 e. The quantitative estimate of drug-likeness (QED) is 0.740. The second-order valence-corrected chi connectivity index (χ2v) is 5.63. The predicted molar refractivity (Wildman–Crippen MR) is 76.1 cm³/mol. The lowest BCUT2D eigenvalue weighted by molar-refractivity contribution is 0.0835. The number of nitrogens with two attached hydrogens (primary N) is 1. The highest BCUT2D eigenvalue weighted by Gasteiger charge is 2.31. The molecular weight excluding hydrogens is 208 g/mol. The average molecular weight is 240 g/mol. The maximum atomic E-state index is 5.98. The highest BCUT2D eigenvalue weighted by atomic mass is 15.2. The molecule has 0 amide bonds. The Balaban J connectivity index is 2.59. The predicted octanol–water partition coefficient (Wildman–Crippen LogP) is 3.26. The third-order valence-corrected chi connectivity index (χ3v) is 4.62. The Morgan fingerprint density at radius 3 is 2.47 bits per heavy atom. The van der Waals surface area contributed by atoms with Crippen molar-refractivity contribution >= 4 is 0 Å². The molecule has 0 aromatic heterocycles. The summed E-state index contributed by atoms with van der Waals surface area (Å²) in [6.45, 7) is 10.3. The molecule has 17 heavy (non-hydrogen) atoms. The summed E-state index contributed by atoms with van der Waals surface area (Å²) >= 11 is 0. The van der Waals surface area contributed by atoms with Crippen molar-refractivity contribution < 1.29 is 0 Å². The molecular formula is C15H32N2. The Morgan fingerprint density at radius 2 is 1.94 bits per heavy atom. The summed E-state index contributed by atoms with van der Waals surface area (Å²) in [7, 11) is 0. The molecule has 102 valence electrons. The first-order valence-electron chi connectivity index (χ1n) is 7.70. The van der Waals surface area contributed by atoms with Crippen LogP contribution in [-0.2, 0) is 0 Å². The van der Waals surface area contributed by atoms with Gasteiger partial charge in [-0.15, -0.1) is 0 Å².